The zero-order valence-electron chi connectivity index (χ0n) is 11.6. The van der Waals surface area contributed by atoms with E-state index in [9.17, 15) is 20.0 Å². The molecule has 1 aromatic rings. The average molecular weight is 281 g/mol. The van der Waals surface area contributed by atoms with Gasteiger partial charge in [-0.05, 0) is 12.0 Å². The van der Waals surface area contributed by atoms with Crippen molar-refractivity contribution in [3.63, 3.8) is 0 Å². The van der Waals surface area contributed by atoms with Crippen molar-refractivity contribution < 1.29 is 14.8 Å². The Labute approximate surface area is 117 Å². The van der Waals surface area contributed by atoms with Crippen molar-refractivity contribution in [3.8, 4) is 0 Å². The number of aliphatic hydroxyl groups is 1. The van der Waals surface area contributed by atoms with Crippen LogP contribution >= 0.6 is 0 Å². The Balaban J connectivity index is 3.17. The van der Waals surface area contributed by atoms with Gasteiger partial charge in [-0.15, -0.1) is 0 Å². The van der Waals surface area contributed by atoms with Crippen LogP contribution in [-0.2, 0) is 11.4 Å². The fourth-order valence-corrected chi connectivity index (χ4v) is 2.00. The zero-order valence-corrected chi connectivity index (χ0v) is 11.6. The minimum Gasteiger partial charge on any atom is -0.392 e. The van der Waals surface area contributed by atoms with Crippen molar-refractivity contribution >= 4 is 17.3 Å². The number of non-ortho nitro benzene ring substituents is 1. The Morgan fingerprint density at radius 3 is 2.60 bits per heavy atom. The Morgan fingerprint density at radius 2 is 2.15 bits per heavy atom. The molecule has 0 saturated carbocycles. The highest BCUT2D eigenvalue weighted by Crippen LogP contribution is 2.26. The number of nitrogens with two attached hydrogens (primary N) is 1. The summed E-state index contributed by atoms with van der Waals surface area (Å²) in [7, 11) is 0. The van der Waals surface area contributed by atoms with E-state index in [0.29, 0.717) is 17.8 Å². The van der Waals surface area contributed by atoms with Crippen LogP contribution in [0.2, 0.25) is 0 Å². The second-order valence-corrected chi connectivity index (χ2v) is 4.97. The summed E-state index contributed by atoms with van der Waals surface area (Å²) in [6, 6.07) is 4.20. The predicted octanol–water partition coefficient (Wildman–Crippen LogP) is 1.03. The molecule has 0 aliphatic carbocycles. The molecule has 0 spiro atoms. The van der Waals surface area contributed by atoms with E-state index in [2.05, 4.69) is 0 Å². The number of nitrogens with zero attached hydrogens (tertiary/aromatic N) is 2. The third-order valence-corrected chi connectivity index (χ3v) is 2.72. The number of carbonyl (C=O) groups excluding carboxylic acids is 1. The van der Waals surface area contributed by atoms with E-state index in [1.165, 1.54) is 18.2 Å². The highest BCUT2D eigenvalue weighted by Gasteiger charge is 2.17. The van der Waals surface area contributed by atoms with E-state index >= 15 is 0 Å². The lowest BCUT2D eigenvalue weighted by atomic mass is 10.1. The molecule has 0 unspecified atom stereocenters. The first-order chi connectivity index (χ1) is 9.35. The topological polar surface area (TPSA) is 110 Å². The van der Waals surface area contributed by atoms with E-state index in [4.69, 9.17) is 5.73 Å². The summed E-state index contributed by atoms with van der Waals surface area (Å²) in [5.41, 5.74) is 6.12. The van der Waals surface area contributed by atoms with Gasteiger partial charge in [0.2, 0.25) is 5.91 Å². The highest BCUT2D eigenvalue weighted by molar-refractivity contribution is 5.80. The molecule has 3 N–H and O–H groups in total. The largest absolute Gasteiger partial charge is 0.392 e. The van der Waals surface area contributed by atoms with Gasteiger partial charge in [-0.3, -0.25) is 14.9 Å². The number of benzene rings is 1. The monoisotopic (exact) mass is 281 g/mol. The van der Waals surface area contributed by atoms with Crippen LogP contribution in [0.25, 0.3) is 0 Å². The Hall–Kier alpha value is -2.15. The standard InChI is InChI=1S/C13H19N3O4/c1-9(2)6-15(7-13(14)18)12-4-3-11(16(19)20)5-10(12)8-17/h3-5,9,17H,6-8H2,1-2H3,(H2,14,18). The average Bonchev–Trinajstić information content (AvgIpc) is 2.35. The van der Waals surface area contributed by atoms with Crippen LogP contribution in [0.4, 0.5) is 11.4 Å². The van der Waals surface area contributed by atoms with Gasteiger partial charge in [-0.25, -0.2) is 0 Å². The highest BCUT2D eigenvalue weighted by atomic mass is 16.6. The number of nitro groups is 1. The van der Waals surface area contributed by atoms with Crippen LogP contribution in [0.1, 0.15) is 19.4 Å². The van der Waals surface area contributed by atoms with E-state index in [1.54, 1.807) is 4.90 Å². The quantitative estimate of drug-likeness (QED) is 0.573. The molecule has 7 heteroatoms. The second-order valence-electron chi connectivity index (χ2n) is 4.97. The van der Waals surface area contributed by atoms with Crippen LogP contribution in [0, 0.1) is 16.0 Å². The minimum atomic E-state index is -0.524. The number of hydrogen-bond donors (Lipinski definition) is 2. The summed E-state index contributed by atoms with van der Waals surface area (Å²) < 4.78 is 0. The van der Waals surface area contributed by atoms with Crippen molar-refractivity contribution in [1.82, 2.24) is 0 Å². The molecule has 0 atom stereocenters. The third kappa shape index (κ3) is 4.20. The van der Waals surface area contributed by atoms with Crippen molar-refractivity contribution in [2.45, 2.75) is 20.5 Å². The summed E-state index contributed by atoms with van der Waals surface area (Å²) in [4.78, 5) is 23.1. The van der Waals surface area contributed by atoms with E-state index in [0.717, 1.165) is 0 Å². The Bertz CT molecular complexity index is 502. The number of aliphatic hydroxyl groups excluding tert-OH is 1. The lowest BCUT2D eigenvalue weighted by Gasteiger charge is -2.27. The van der Waals surface area contributed by atoms with E-state index in [1.807, 2.05) is 13.8 Å². The van der Waals surface area contributed by atoms with Crippen LogP contribution in [0.3, 0.4) is 0 Å². The summed E-state index contributed by atoms with van der Waals surface area (Å²) in [6.45, 7) is 4.19. The molecular weight excluding hydrogens is 262 g/mol. The maximum atomic E-state index is 11.1. The Morgan fingerprint density at radius 1 is 1.50 bits per heavy atom. The Kier molecular flexibility index (Phi) is 5.45. The smallest absolute Gasteiger partial charge is 0.269 e. The van der Waals surface area contributed by atoms with Crippen LogP contribution in [0.15, 0.2) is 18.2 Å². The van der Waals surface area contributed by atoms with Gasteiger partial charge in [0.25, 0.3) is 5.69 Å². The van der Waals surface area contributed by atoms with Gasteiger partial charge in [-0.1, -0.05) is 13.8 Å². The van der Waals surface area contributed by atoms with Crippen molar-refractivity contribution in [1.29, 1.82) is 0 Å². The molecule has 0 saturated heterocycles. The molecule has 1 amide bonds. The molecule has 0 aliphatic rings. The molecule has 110 valence electrons. The molecule has 20 heavy (non-hydrogen) atoms. The van der Waals surface area contributed by atoms with Crippen LogP contribution < -0.4 is 10.6 Å². The number of amides is 1. The molecule has 1 aromatic carbocycles. The first-order valence-corrected chi connectivity index (χ1v) is 6.26. The predicted molar refractivity (Wildman–Crippen MR) is 75.3 cm³/mol. The van der Waals surface area contributed by atoms with Crippen molar-refractivity contribution in [2.24, 2.45) is 11.7 Å². The van der Waals surface area contributed by atoms with E-state index < -0.39 is 10.8 Å². The molecule has 0 bridgehead atoms. The summed E-state index contributed by atoms with van der Waals surface area (Å²) in [6.07, 6.45) is 0. The van der Waals surface area contributed by atoms with Gasteiger partial charge in [0.1, 0.15) is 0 Å². The summed E-state index contributed by atoms with van der Waals surface area (Å²) in [5, 5.41) is 20.1. The lowest BCUT2D eigenvalue weighted by Crippen LogP contribution is -2.36. The van der Waals surface area contributed by atoms with Crippen molar-refractivity contribution in [2.75, 3.05) is 18.0 Å². The van der Waals surface area contributed by atoms with Gasteiger partial charge in [0.05, 0.1) is 18.1 Å². The van der Waals surface area contributed by atoms with Crippen LogP contribution in [0.5, 0.6) is 0 Å². The first kappa shape index (κ1) is 15.9. The molecule has 0 aliphatic heterocycles. The van der Waals surface area contributed by atoms with Gasteiger partial charge in [0.15, 0.2) is 0 Å². The van der Waals surface area contributed by atoms with E-state index in [-0.39, 0.29) is 24.8 Å². The summed E-state index contributed by atoms with van der Waals surface area (Å²) in [5.74, 6) is -0.219. The van der Waals surface area contributed by atoms with Gasteiger partial charge in [-0.2, -0.15) is 0 Å². The number of nitro benzene ring substituents is 1. The fourth-order valence-electron chi connectivity index (χ4n) is 2.00. The molecule has 7 nitrogen and oxygen atoms in total. The van der Waals surface area contributed by atoms with Crippen molar-refractivity contribution in [3.05, 3.63) is 33.9 Å². The van der Waals surface area contributed by atoms with Gasteiger partial charge < -0.3 is 15.7 Å². The van der Waals surface area contributed by atoms with Crippen LogP contribution in [-0.4, -0.2) is 29.0 Å². The molecule has 0 heterocycles. The van der Waals surface area contributed by atoms with Gasteiger partial charge in [0, 0.05) is 29.9 Å². The maximum absolute atomic E-state index is 11.1. The van der Waals surface area contributed by atoms with Gasteiger partial charge >= 0.3 is 0 Å². The SMILES string of the molecule is CC(C)CN(CC(N)=O)c1ccc([N+](=O)[O-])cc1CO. The molecule has 0 radical (unpaired) electrons. The lowest BCUT2D eigenvalue weighted by molar-refractivity contribution is -0.384. The zero-order chi connectivity index (χ0) is 15.3. The summed E-state index contributed by atoms with van der Waals surface area (Å²) >= 11 is 0. The molecule has 0 fully saturated rings. The maximum Gasteiger partial charge on any atom is 0.269 e. The minimum absolute atomic E-state index is 0.00297. The first-order valence-electron chi connectivity index (χ1n) is 6.26. The number of hydrogen-bond acceptors (Lipinski definition) is 5. The molecule has 0 aromatic heterocycles. The normalized spacial score (nSPS) is 10.6. The molecule has 1 rings (SSSR count). The molecular formula is C13H19N3O4. The second kappa shape index (κ2) is 6.85. The number of rotatable bonds is 7. The number of anilines is 1. The fraction of sp³-hybridized carbons (Fsp3) is 0.462. The number of carbonyl (C=O) groups is 1. The number of primary amides is 1. The third-order valence-electron chi connectivity index (χ3n) is 2.72.